The number of nitrogens with one attached hydrogen (secondary N) is 1. The Balaban J connectivity index is 1.61. The molecule has 5 heteroatoms. The van der Waals surface area contributed by atoms with Crippen molar-refractivity contribution >= 4 is 17.5 Å². The van der Waals surface area contributed by atoms with E-state index in [0.717, 1.165) is 17.7 Å². The fourth-order valence-electron chi connectivity index (χ4n) is 2.91. The highest BCUT2D eigenvalue weighted by atomic mass is 16.2. The van der Waals surface area contributed by atoms with Gasteiger partial charge in [-0.05, 0) is 42.2 Å². The lowest BCUT2D eigenvalue weighted by Gasteiger charge is -2.17. The summed E-state index contributed by atoms with van der Waals surface area (Å²) in [6.45, 7) is 3.07. The van der Waals surface area contributed by atoms with Gasteiger partial charge in [0.05, 0.1) is 0 Å². The van der Waals surface area contributed by atoms with E-state index in [2.05, 4.69) is 17.2 Å². The fourth-order valence-corrected chi connectivity index (χ4v) is 2.91. The topological polar surface area (TPSA) is 62.3 Å². The molecule has 3 rings (SSSR count). The number of nitrogens with zero attached hydrogens (tertiary/aromatic N) is 2. The number of hydrogen-bond acceptors (Lipinski definition) is 3. The van der Waals surface area contributed by atoms with Crippen LogP contribution < -0.4 is 10.2 Å². The summed E-state index contributed by atoms with van der Waals surface area (Å²) < 4.78 is 0. The second-order valence-corrected chi connectivity index (χ2v) is 5.93. The molecule has 0 saturated carbocycles. The van der Waals surface area contributed by atoms with Crippen LogP contribution in [-0.2, 0) is 22.6 Å². The molecule has 124 valence electrons. The number of rotatable bonds is 5. The Labute approximate surface area is 141 Å². The molecule has 1 N–H and O–H groups in total. The number of aromatic nitrogens is 1. The number of anilines is 1. The first-order valence-corrected chi connectivity index (χ1v) is 8.26. The number of aryl methyl sites for hydroxylation is 1. The van der Waals surface area contributed by atoms with E-state index < -0.39 is 5.92 Å². The zero-order valence-electron chi connectivity index (χ0n) is 13.7. The summed E-state index contributed by atoms with van der Waals surface area (Å²) in [7, 11) is 0. The number of benzene rings is 1. The van der Waals surface area contributed by atoms with Crippen molar-refractivity contribution in [2.75, 3.05) is 11.4 Å². The van der Waals surface area contributed by atoms with Gasteiger partial charge >= 0.3 is 0 Å². The maximum atomic E-state index is 12.6. The van der Waals surface area contributed by atoms with Gasteiger partial charge in [0.1, 0.15) is 5.92 Å². The molecule has 0 radical (unpaired) electrons. The van der Waals surface area contributed by atoms with Crippen molar-refractivity contribution < 1.29 is 9.59 Å². The molecule has 2 aromatic rings. The number of carbonyl (C=O) groups is 2. The number of amides is 2. The molecule has 1 atom stereocenters. The van der Waals surface area contributed by atoms with Crippen molar-refractivity contribution in [2.45, 2.75) is 26.3 Å². The van der Waals surface area contributed by atoms with Crippen molar-refractivity contribution in [2.24, 2.45) is 5.92 Å². The van der Waals surface area contributed by atoms with Crippen LogP contribution in [-0.4, -0.2) is 23.3 Å². The molecule has 5 nitrogen and oxygen atoms in total. The van der Waals surface area contributed by atoms with E-state index in [1.54, 1.807) is 17.3 Å². The van der Waals surface area contributed by atoms with E-state index in [9.17, 15) is 9.59 Å². The molecular weight excluding hydrogens is 302 g/mol. The molecule has 24 heavy (non-hydrogen) atoms. The first-order valence-electron chi connectivity index (χ1n) is 8.26. The lowest BCUT2D eigenvalue weighted by Crippen LogP contribution is -2.36. The summed E-state index contributed by atoms with van der Waals surface area (Å²) in [4.78, 5) is 30.6. The van der Waals surface area contributed by atoms with E-state index in [-0.39, 0.29) is 11.8 Å². The number of hydrogen-bond donors (Lipinski definition) is 1. The predicted octanol–water partition coefficient (Wildman–Crippen LogP) is 2.31. The second-order valence-electron chi connectivity index (χ2n) is 5.93. The average molecular weight is 323 g/mol. The lowest BCUT2D eigenvalue weighted by atomic mass is 10.1. The van der Waals surface area contributed by atoms with Crippen LogP contribution in [0.5, 0.6) is 0 Å². The van der Waals surface area contributed by atoms with Crippen molar-refractivity contribution in [1.29, 1.82) is 0 Å². The predicted molar refractivity (Wildman–Crippen MR) is 92.4 cm³/mol. The van der Waals surface area contributed by atoms with E-state index in [1.807, 2.05) is 36.4 Å². The van der Waals surface area contributed by atoms with Gasteiger partial charge in [-0.3, -0.25) is 14.6 Å². The van der Waals surface area contributed by atoms with E-state index >= 15 is 0 Å². The molecule has 1 saturated heterocycles. The van der Waals surface area contributed by atoms with Crippen LogP contribution in [0.25, 0.3) is 0 Å². The van der Waals surface area contributed by atoms with Gasteiger partial charge in [-0.25, -0.2) is 0 Å². The zero-order valence-corrected chi connectivity index (χ0v) is 13.7. The van der Waals surface area contributed by atoms with E-state index in [4.69, 9.17) is 0 Å². The van der Waals surface area contributed by atoms with Crippen LogP contribution in [0.3, 0.4) is 0 Å². The van der Waals surface area contributed by atoms with Crippen LogP contribution >= 0.6 is 0 Å². The third-order valence-corrected chi connectivity index (χ3v) is 4.37. The normalized spacial score (nSPS) is 17.1. The standard InChI is InChI=1S/C19H21N3O2/c1-2-14-5-7-16(8-6-14)22-11-9-17(19(22)24)18(23)21-13-15-4-3-10-20-12-15/h3-8,10,12,17H,2,9,11,13H2,1H3,(H,21,23)/t17-/m0/s1. The minimum absolute atomic E-state index is 0.122. The molecule has 0 spiro atoms. The minimum atomic E-state index is -0.604. The third kappa shape index (κ3) is 3.45. The highest BCUT2D eigenvalue weighted by Crippen LogP contribution is 2.25. The summed E-state index contributed by atoms with van der Waals surface area (Å²) in [5.41, 5.74) is 3.01. The first-order chi connectivity index (χ1) is 11.7. The average Bonchev–Trinajstić information content (AvgIpc) is 3.02. The molecule has 2 amide bonds. The largest absolute Gasteiger partial charge is 0.351 e. The van der Waals surface area contributed by atoms with E-state index in [0.29, 0.717) is 19.5 Å². The van der Waals surface area contributed by atoms with Crippen molar-refractivity contribution in [3.63, 3.8) is 0 Å². The van der Waals surface area contributed by atoms with Crippen LogP contribution in [0.4, 0.5) is 5.69 Å². The Kier molecular flexibility index (Phi) is 4.89. The second kappa shape index (κ2) is 7.25. The molecule has 0 aliphatic carbocycles. The maximum Gasteiger partial charge on any atom is 0.239 e. The fraction of sp³-hybridized carbons (Fsp3) is 0.316. The van der Waals surface area contributed by atoms with Gasteiger partial charge in [-0.1, -0.05) is 25.1 Å². The van der Waals surface area contributed by atoms with Gasteiger partial charge in [0, 0.05) is 31.2 Å². The van der Waals surface area contributed by atoms with Crippen LogP contribution in [0.2, 0.25) is 0 Å². The van der Waals surface area contributed by atoms with Gasteiger partial charge in [-0.2, -0.15) is 0 Å². The monoisotopic (exact) mass is 323 g/mol. The Bertz CT molecular complexity index is 713. The molecule has 2 heterocycles. The van der Waals surface area contributed by atoms with Gasteiger partial charge in [0.25, 0.3) is 0 Å². The summed E-state index contributed by atoms with van der Waals surface area (Å²) >= 11 is 0. The molecule has 0 bridgehead atoms. The van der Waals surface area contributed by atoms with Gasteiger partial charge < -0.3 is 10.2 Å². The SMILES string of the molecule is CCc1ccc(N2CC[C@@H](C(=O)NCc3cccnc3)C2=O)cc1. The highest BCUT2D eigenvalue weighted by Gasteiger charge is 2.37. The Hall–Kier alpha value is -2.69. The summed E-state index contributed by atoms with van der Waals surface area (Å²) in [5, 5.41) is 2.84. The molecule has 1 aromatic carbocycles. The van der Waals surface area contributed by atoms with E-state index in [1.165, 1.54) is 5.56 Å². The van der Waals surface area contributed by atoms with Crippen LogP contribution in [0.15, 0.2) is 48.8 Å². The Morgan fingerprint density at radius 3 is 2.71 bits per heavy atom. The smallest absolute Gasteiger partial charge is 0.239 e. The van der Waals surface area contributed by atoms with Crippen molar-refractivity contribution in [3.05, 3.63) is 59.9 Å². The zero-order chi connectivity index (χ0) is 16.9. The highest BCUT2D eigenvalue weighted by molar-refractivity contribution is 6.09. The van der Waals surface area contributed by atoms with Crippen molar-refractivity contribution in [1.82, 2.24) is 10.3 Å². The molecule has 1 fully saturated rings. The molecule has 0 unspecified atom stereocenters. The summed E-state index contributed by atoms with van der Waals surface area (Å²) in [5.74, 6) is -0.938. The molecule has 1 aliphatic heterocycles. The van der Waals surface area contributed by atoms with Gasteiger partial charge in [0.2, 0.25) is 11.8 Å². The number of carbonyl (C=O) groups excluding carboxylic acids is 2. The summed E-state index contributed by atoms with van der Waals surface area (Å²) in [6.07, 6.45) is 4.91. The van der Waals surface area contributed by atoms with Crippen LogP contribution in [0.1, 0.15) is 24.5 Å². The third-order valence-electron chi connectivity index (χ3n) is 4.37. The number of pyridine rings is 1. The van der Waals surface area contributed by atoms with Gasteiger partial charge in [-0.15, -0.1) is 0 Å². The maximum absolute atomic E-state index is 12.6. The Morgan fingerprint density at radius 1 is 1.25 bits per heavy atom. The molecule has 1 aliphatic rings. The van der Waals surface area contributed by atoms with Gasteiger partial charge in [0.15, 0.2) is 0 Å². The van der Waals surface area contributed by atoms with Crippen molar-refractivity contribution in [3.8, 4) is 0 Å². The molecule has 1 aromatic heterocycles. The minimum Gasteiger partial charge on any atom is -0.351 e. The quantitative estimate of drug-likeness (QED) is 0.859. The summed E-state index contributed by atoms with van der Waals surface area (Å²) in [6, 6.07) is 11.7. The first kappa shape index (κ1) is 16.2. The Morgan fingerprint density at radius 2 is 2.04 bits per heavy atom. The van der Waals surface area contributed by atoms with Crippen LogP contribution in [0, 0.1) is 5.92 Å². The molecular formula is C19H21N3O2. The lowest BCUT2D eigenvalue weighted by molar-refractivity contribution is -0.132.